The minimum atomic E-state index is 0.877. The molecule has 0 unspecified atom stereocenters. The highest BCUT2D eigenvalue weighted by Crippen LogP contribution is 2.35. The Morgan fingerprint density at radius 2 is 1.72 bits per heavy atom. The van der Waals surface area contributed by atoms with E-state index in [4.69, 9.17) is 3.07 Å². The number of pyridine rings is 1. The van der Waals surface area contributed by atoms with E-state index in [2.05, 4.69) is 23.2 Å². The van der Waals surface area contributed by atoms with Crippen LogP contribution in [0, 0.1) is 0 Å². The van der Waals surface area contributed by atoms with Crippen LogP contribution < -0.4 is 3.07 Å². The number of fused-ring (bicyclic) bond motifs is 1. The summed E-state index contributed by atoms with van der Waals surface area (Å²) in [5, 5.41) is 2.33. The van der Waals surface area contributed by atoms with E-state index >= 15 is 0 Å². The highest BCUT2D eigenvalue weighted by molar-refractivity contribution is 14.1. The van der Waals surface area contributed by atoms with Gasteiger partial charge >= 0.3 is 0 Å². The smallest absolute Gasteiger partial charge is 0.192 e. The monoisotopic (exact) mass is 347 g/mol. The lowest BCUT2D eigenvalue weighted by Crippen LogP contribution is -1.85. The normalized spacial score (nSPS) is 10.5. The van der Waals surface area contributed by atoms with Crippen LogP contribution in [0.2, 0.25) is 0 Å². The van der Waals surface area contributed by atoms with Crippen molar-refractivity contribution in [2.24, 2.45) is 0 Å². The van der Waals surface area contributed by atoms with Gasteiger partial charge in [-0.05, 0) is 23.1 Å². The van der Waals surface area contributed by atoms with E-state index < -0.39 is 0 Å². The Bertz CT molecular complexity index is 691. The molecule has 0 amide bonds. The number of nitrogens with zero attached hydrogens (tertiary/aromatic N) is 1. The van der Waals surface area contributed by atoms with E-state index in [0.717, 1.165) is 16.7 Å². The lowest BCUT2D eigenvalue weighted by molar-refractivity contribution is 0.720. The van der Waals surface area contributed by atoms with Crippen molar-refractivity contribution in [2.45, 2.75) is 0 Å². The Morgan fingerprint density at radius 1 is 0.889 bits per heavy atom. The van der Waals surface area contributed by atoms with Gasteiger partial charge in [-0.3, -0.25) is 4.98 Å². The van der Waals surface area contributed by atoms with Crippen molar-refractivity contribution in [3.8, 4) is 16.9 Å². The summed E-state index contributed by atoms with van der Waals surface area (Å²) in [4.78, 5) is 4.16. The summed E-state index contributed by atoms with van der Waals surface area (Å²) in [5.74, 6) is 0.877. The molecule has 0 saturated carbocycles. The predicted octanol–water partition coefficient (Wildman–Crippen LogP) is 4.63. The topological polar surface area (TPSA) is 22.1 Å². The van der Waals surface area contributed by atoms with E-state index in [-0.39, 0.29) is 0 Å². The van der Waals surface area contributed by atoms with E-state index in [9.17, 15) is 0 Å². The molecule has 1 heterocycles. The summed E-state index contributed by atoms with van der Waals surface area (Å²) in [5.41, 5.74) is 2.27. The molecule has 0 aliphatic rings. The largest absolute Gasteiger partial charge is 0.427 e. The molecule has 3 aromatic rings. The molecule has 0 fully saturated rings. The van der Waals surface area contributed by atoms with Gasteiger partial charge < -0.3 is 3.07 Å². The van der Waals surface area contributed by atoms with Crippen LogP contribution in [-0.2, 0) is 0 Å². The predicted molar refractivity (Wildman–Crippen MR) is 81.8 cm³/mol. The van der Waals surface area contributed by atoms with Gasteiger partial charge in [-0.15, -0.1) is 0 Å². The molecule has 0 radical (unpaired) electrons. The first kappa shape index (κ1) is 11.5. The van der Waals surface area contributed by atoms with E-state index in [0.29, 0.717) is 0 Å². The molecule has 2 nitrogen and oxygen atoms in total. The maximum atomic E-state index is 5.40. The van der Waals surface area contributed by atoms with Crippen LogP contribution in [0.4, 0.5) is 0 Å². The van der Waals surface area contributed by atoms with Crippen molar-refractivity contribution in [1.82, 2.24) is 4.98 Å². The zero-order valence-electron chi connectivity index (χ0n) is 9.51. The van der Waals surface area contributed by atoms with Crippen LogP contribution in [0.1, 0.15) is 0 Å². The molecule has 3 rings (SSSR count). The van der Waals surface area contributed by atoms with Gasteiger partial charge in [0.1, 0.15) is 5.75 Å². The first-order chi connectivity index (χ1) is 8.90. The summed E-state index contributed by atoms with van der Waals surface area (Å²) in [6.45, 7) is 0. The van der Waals surface area contributed by atoms with Crippen molar-refractivity contribution in [3.63, 3.8) is 0 Å². The second-order valence-corrected chi connectivity index (χ2v) is 4.42. The fourth-order valence-electron chi connectivity index (χ4n) is 2.11. The third kappa shape index (κ3) is 1.95. The summed E-state index contributed by atoms with van der Waals surface area (Å²) >= 11 is 1.92. The molecule has 0 aliphatic carbocycles. The summed E-state index contributed by atoms with van der Waals surface area (Å²) < 4.78 is 5.40. The number of hydrogen-bond donors (Lipinski definition) is 0. The first-order valence-electron chi connectivity index (χ1n) is 5.61. The average Bonchev–Trinajstić information content (AvgIpc) is 2.46. The van der Waals surface area contributed by atoms with Crippen LogP contribution in [0.15, 0.2) is 60.9 Å². The third-order valence-electron chi connectivity index (χ3n) is 2.94. The van der Waals surface area contributed by atoms with Crippen molar-refractivity contribution in [3.05, 3.63) is 60.9 Å². The Kier molecular flexibility index (Phi) is 3.15. The maximum Gasteiger partial charge on any atom is 0.192 e. The number of hydrogen-bond acceptors (Lipinski definition) is 2. The van der Waals surface area contributed by atoms with Crippen LogP contribution >= 0.6 is 23.0 Å². The molecule has 0 spiro atoms. The highest BCUT2D eigenvalue weighted by Gasteiger charge is 2.08. The molecule has 2 aromatic carbocycles. The van der Waals surface area contributed by atoms with Gasteiger partial charge in [0, 0.05) is 23.3 Å². The summed E-state index contributed by atoms with van der Waals surface area (Å²) in [7, 11) is 0. The fourth-order valence-corrected chi connectivity index (χ4v) is 2.50. The van der Waals surface area contributed by atoms with Crippen molar-refractivity contribution in [1.29, 1.82) is 0 Å². The van der Waals surface area contributed by atoms with Crippen LogP contribution in [0.3, 0.4) is 0 Å². The second-order valence-electron chi connectivity index (χ2n) is 3.98. The van der Waals surface area contributed by atoms with E-state index in [1.54, 1.807) is 0 Å². The van der Waals surface area contributed by atoms with E-state index in [1.165, 1.54) is 10.9 Å². The Balaban J connectivity index is 2.32. The molecule has 0 atom stereocenters. The lowest BCUT2D eigenvalue weighted by atomic mass is 9.99. The van der Waals surface area contributed by atoms with Crippen LogP contribution in [-0.4, -0.2) is 4.98 Å². The molecule has 0 N–H and O–H groups in total. The third-order valence-corrected chi connectivity index (χ3v) is 3.42. The average molecular weight is 347 g/mol. The van der Waals surface area contributed by atoms with Gasteiger partial charge in [-0.1, -0.05) is 36.4 Å². The van der Waals surface area contributed by atoms with Crippen molar-refractivity contribution >= 4 is 33.8 Å². The number of benzene rings is 2. The molecular formula is C15H10INO. The minimum Gasteiger partial charge on any atom is -0.427 e. The SMILES string of the molecule is IOc1ccccc1-c1cccc2cnccc12. The molecule has 0 aliphatic heterocycles. The van der Waals surface area contributed by atoms with Gasteiger partial charge in [0.05, 0.1) is 0 Å². The number of aromatic nitrogens is 1. The summed E-state index contributed by atoms with van der Waals surface area (Å²) in [6, 6.07) is 16.3. The summed E-state index contributed by atoms with van der Waals surface area (Å²) in [6.07, 6.45) is 3.70. The molecule has 88 valence electrons. The zero-order valence-corrected chi connectivity index (χ0v) is 11.7. The minimum absolute atomic E-state index is 0.877. The molecule has 18 heavy (non-hydrogen) atoms. The number of para-hydroxylation sites is 1. The van der Waals surface area contributed by atoms with Gasteiger partial charge in [0.2, 0.25) is 0 Å². The van der Waals surface area contributed by atoms with Crippen molar-refractivity contribution < 1.29 is 3.07 Å². The van der Waals surface area contributed by atoms with Crippen molar-refractivity contribution in [2.75, 3.05) is 0 Å². The van der Waals surface area contributed by atoms with Gasteiger partial charge in [0.25, 0.3) is 0 Å². The molecular weight excluding hydrogens is 337 g/mol. The zero-order chi connectivity index (χ0) is 12.4. The molecule has 1 aromatic heterocycles. The van der Waals surface area contributed by atoms with Gasteiger partial charge in [0.15, 0.2) is 23.0 Å². The quantitative estimate of drug-likeness (QED) is 0.631. The molecule has 0 bridgehead atoms. The molecule has 0 saturated heterocycles. The fraction of sp³-hybridized carbons (Fsp3) is 0. The maximum absolute atomic E-state index is 5.40. The van der Waals surface area contributed by atoms with Crippen LogP contribution in [0.5, 0.6) is 5.75 Å². The van der Waals surface area contributed by atoms with Gasteiger partial charge in [-0.25, -0.2) is 0 Å². The molecule has 3 heteroatoms. The van der Waals surface area contributed by atoms with E-state index in [1.807, 2.05) is 65.7 Å². The lowest BCUT2D eigenvalue weighted by Gasteiger charge is -2.09. The Labute approximate surface area is 119 Å². The standard InChI is InChI=1S/C15H10INO/c16-18-15-7-2-1-5-14(15)13-6-3-4-11-10-17-9-8-12(11)13/h1-10H. The first-order valence-corrected chi connectivity index (χ1v) is 6.49. The van der Waals surface area contributed by atoms with Crippen LogP contribution in [0.25, 0.3) is 21.9 Å². The Morgan fingerprint density at radius 3 is 2.61 bits per heavy atom. The highest BCUT2D eigenvalue weighted by atomic mass is 127. The number of rotatable bonds is 2. The Hall–Kier alpha value is -1.62. The second kappa shape index (κ2) is 4.94. The number of halogens is 1. The van der Waals surface area contributed by atoms with Gasteiger partial charge in [-0.2, -0.15) is 0 Å².